The Bertz CT molecular complexity index is 1020. The van der Waals surface area contributed by atoms with Crippen molar-refractivity contribution in [1.29, 1.82) is 0 Å². The van der Waals surface area contributed by atoms with Gasteiger partial charge >= 0.3 is 0 Å². The van der Waals surface area contributed by atoms with E-state index in [2.05, 4.69) is 32.0 Å². The van der Waals surface area contributed by atoms with Crippen molar-refractivity contribution in [2.75, 3.05) is 18.0 Å². The summed E-state index contributed by atoms with van der Waals surface area (Å²) >= 11 is 8.04. The summed E-state index contributed by atoms with van der Waals surface area (Å²) in [6.07, 6.45) is 5.65. The van der Waals surface area contributed by atoms with Gasteiger partial charge in [-0.3, -0.25) is 4.90 Å². The zero-order valence-corrected chi connectivity index (χ0v) is 17.2. The predicted octanol–water partition coefficient (Wildman–Crippen LogP) is 4.41. The molecule has 0 amide bonds. The molecule has 0 radical (unpaired) electrons. The molecule has 7 heteroatoms. The highest BCUT2D eigenvalue weighted by Crippen LogP contribution is 2.47. The number of rotatable bonds is 4. The van der Waals surface area contributed by atoms with Crippen molar-refractivity contribution in [1.82, 2.24) is 19.7 Å². The molecule has 3 aromatic rings. The van der Waals surface area contributed by atoms with Crippen molar-refractivity contribution in [2.24, 2.45) is 5.92 Å². The molecule has 1 aromatic carbocycles. The maximum absolute atomic E-state index is 6.07. The minimum atomic E-state index is 0.746. The Hall–Kier alpha value is -1.89. The van der Waals surface area contributed by atoms with E-state index in [1.165, 1.54) is 46.0 Å². The highest BCUT2D eigenvalue weighted by atomic mass is 35.5. The fraction of sp³-hybridized carbons (Fsp3) is 0.429. The van der Waals surface area contributed by atoms with Gasteiger partial charge in [-0.25, -0.2) is 9.67 Å². The minimum absolute atomic E-state index is 0.746. The molecule has 0 N–H and O–H groups in total. The lowest BCUT2D eigenvalue weighted by Gasteiger charge is -2.30. The smallest absolute Gasteiger partial charge is 0.163 e. The van der Waals surface area contributed by atoms with Gasteiger partial charge in [0.2, 0.25) is 0 Å². The van der Waals surface area contributed by atoms with Crippen LogP contribution in [0.3, 0.4) is 0 Å². The van der Waals surface area contributed by atoms with Crippen molar-refractivity contribution >= 4 is 27.9 Å². The molecule has 0 spiro atoms. The molecule has 2 aliphatic heterocycles. The molecule has 28 heavy (non-hydrogen) atoms. The molecule has 1 aliphatic carbocycles. The molecule has 1 saturated carbocycles. The fourth-order valence-corrected chi connectivity index (χ4v) is 5.94. The Morgan fingerprint density at radius 3 is 2.86 bits per heavy atom. The molecule has 144 valence electrons. The Labute approximate surface area is 173 Å². The number of nitrogens with zero attached hydrogens (tertiary/aromatic N) is 5. The van der Waals surface area contributed by atoms with Crippen LogP contribution in [-0.2, 0) is 26.2 Å². The third kappa shape index (κ3) is 2.95. The van der Waals surface area contributed by atoms with Crippen LogP contribution in [-0.4, -0.2) is 32.8 Å². The zero-order chi connectivity index (χ0) is 18.7. The van der Waals surface area contributed by atoms with Gasteiger partial charge in [-0.1, -0.05) is 23.7 Å². The van der Waals surface area contributed by atoms with Crippen molar-refractivity contribution < 1.29 is 0 Å². The zero-order valence-electron chi connectivity index (χ0n) is 15.6. The first-order valence-corrected chi connectivity index (χ1v) is 11.2. The SMILES string of the molecule is Clc1ccc(CN2Cn3ncnc3-c3c2sc2c3CCN(CC3CC3)C2)cc1. The predicted molar refractivity (Wildman–Crippen MR) is 113 cm³/mol. The highest BCUT2D eigenvalue weighted by Gasteiger charge is 2.34. The first-order valence-electron chi connectivity index (χ1n) is 9.99. The van der Waals surface area contributed by atoms with E-state index in [4.69, 9.17) is 11.6 Å². The Morgan fingerprint density at radius 1 is 1.18 bits per heavy atom. The summed E-state index contributed by atoms with van der Waals surface area (Å²) in [6, 6.07) is 8.17. The molecular weight excluding hydrogens is 390 g/mol. The number of anilines is 1. The lowest BCUT2D eigenvalue weighted by atomic mass is 10.0. The van der Waals surface area contributed by atoms with Gasteiger partial charge in [0.15, 0.2) is 5.82 Å². The average molecular weight is 412 g/mol. The first kappa shape index (κ1) is 17.0. The molecule has 1 fully saturated rings. The quantitative estimate of drug-likeness (QED) is 0.637. The van der Waals surface area contributed by atoms with E-state index in [0.717, 1.165) is 49.5 Å². The van der Waals surface area contributed by atoms with Gasteiger partial charge in [-0.15, -0.1) is 11.3 Å². The van der Waals surface area contributed by atoms with Crippen molar-refractivity contribution in [3.8, 4) is 11.4 Å². The van der Waals surface area contributed by atoms with Gasteiger partial charge < -0.3 is 4.90 Å². The normalized spacial score (nSPS) is 18.7. The average Bonchev–Trinajstić information content (AvgIpc) is 3.24. The van der Waals surface area contributed by atoms with Crippen LogP contribution in [0.1, 0.15) is 28.8 Å². The summed E-state index contributed by atoms with van der Waals surface area (Å²) < 4.78 is 2.04. The molecule has 2 aromatic heterocycles. The van der Waals surface area contributed by atoms with Crippen LogP contribution in [0.5, 0.6) is 0 Å². The lowest BCUT2D eigenvalue weighted by molar-refractivity contribution is 0.247. The largest absolute Gasteiger partial charge is 0.339 e. The van der Waals surface area contributed by atoms with E-state index in [1.807, 2.05) is 28.2 Å². The van der Waals surface area contributed by atoms with Crippen molar-refractivity contribution in [2.45, 2.75) is 39.0 Å². The number of halogens is 1. The van der Waals surface area contributed by atoms with Crippen LogP contribution < -0.4 is 4.90 Å². The number of fused-ring (bicyclic) bond motifs is 5. The molecule has 5 nitrogen and oxygen atoms in total. The highest BCUT2D eigenvalue weighted by molar-refractivity contribution is 7.17. The third-order valence-corrected chi connectivity index (χ3v) is 7.58. The van der Waals surface area contributed by atoms with Crippen LogP contribution in [0.25, 0.3) is 11.4 Å². The summed E-state index contributed by atoms with van der Waals surface area (Å²) in [7, 11) is 0. The molecule has 0 bridgehead atoms. The first-order chi connectivity index (χ1) is 13.7. The van der Waals surface area contributed by atoms with Crippen molar-refractivity contribution in [3.05, 3.63) is 51.6 Å². The van der Waals surface area contributed by atoms with Gasteiger partial charge in [0.25, 0.3) is 0 Å². The number of hydrogen-bond donors (Lipinski definition) is 0. The number of aromatic nitrogens is 3. The summed E-state index contributed by atoms with van der Waals surface area (Å²) in [4.78, 5) is 11.2. The van der Waals surface area contributed by atoms with Crippen LogP contribution in [0.2, 0.25) is 5.02 Å². The van der Waals surface area contributed by atoms with Crippen LogP contribution >= 0.6 is 22.9 Å². The van der Waals surface area contributed by atoms with E-state index in [-0.39, 0.29) is 0 Å². The van der Waals surface area contributed by atoms with E-state index in [9.17, 15) is 0 Å². The Balaban J connectivity index is 1.36. The molecule has 0 atom stereocenters. The molecule has 3 aliphatic rings. The van der Waals surface area contributed by atoms with Crippen LogP contribution in [0.15, 0.2) is 30.6 Å². The summed E-state index contributed by atoms with van der Waals surface area (Å²) in [5.74, 6) is 1.98. The monoisotopic (exact) mass is 411 g/mol. The summed E-state index contributed by atoms with van der Waals surface area (Å²) in [5.41, 5.74) is 4.09. The minimum Gasteiger partial charge on any atom is -0.339 e. The molecule has 6 rings (SSSR count). The Kier molecular flexibility index (Phi) is 4.00. The van der Waals surface area contributed by atoms with Gasteiger partial charge in [0.1, 0.15) is 18.0 Å². The van der Waals surface area contributed by atoms with E-state index >= 15 is 0 Å². The van der Waals surface area contributed by atoms with Gasteiger partial charge in [-0.05, 0) is 48.4 Å². The summed E-state index contributed by atoms with van der Waals surface area (Å²) in [5, 5.41) is 6.63. The van der Waals surface area contributed by atoms with Gasteiger partial charge in [0, 0.05) is 36.1 Å². The molecule has 4 heterocycles. The molecule has 0 saturated heterocycles. The van der Waals surface area contributed by atoms with Crippen LogP contribution in [0.4, 0.5) is 5.00 Å². The van der Waals surface area contributed by atoms with Gasteiger partial charge in [-0.2, -0.15) is 5.10 Å². The van der Waals surface area contributed by atoms with Crippen LogP contribution in [0, 0.1) is 5.92 Å². The van der Waals surface area contributed by atoms with E-state index in [0.29, 0.717) is 0 Å². The number of thiophene rings is 1. The standard InChI is InChI=1S/C21H22ClN5S/c22-16-5-3-15(4-6-16)10-26-13-27-20(23-12-24-27)19-17-7-8-25(9-14-1-2-14)11-18(17)28-21(19)26/h3-6,12,14H,1-2,7-11,13H2. The number of hydrogen-bond acceptors (Lipinski definition) is 5. The Morgan fingerprint density at radius 2 is 2.04 bits per heavy atom. The second-order valence-electron chi connectivity index (χ2n) is 8.16. The second-order valence-corrected chi connectivity index (χ2v) is 9.68. The fourth-order valence-electron chi connectivity index (χ4n) is 4.44. The van der Waals surface area contributed by atoms with Crippen molar-refractivity contribution in [3.63, 3.8) is 0 Å². The molecule has 0 unspecified atom stereocenters. The van der Waals surface area contributed by atoms with E-state index in [1.54, 1.807) is 6.33 Å². The maximum Gasteiger partial charge on any atom is 0.163 e. The number of benzene rings is 1. The molecular formula is C21H22ClN5S. The van der Waals surface area contributed by atoms with Gasteiger partial charge in [0.05, 0.1) is 5.56 Å². The topological polar surface area (TPSA) is 37.2 Å². The summed E-state index contributed by atoms with van der Waals surface area (Å²) in [6.45, 7) is 5.13. The van der Waals surface area contributed by atoms with E-state index < -0.39 is 0 Å². The lowest BCUT2D eigenvalue weighted by Crippen LogP contribution is -2.32. The second kappa shape index (κ2) is 6.58. The third-order valence-electron chi connectivity index (χ3n) is 6.05. The maximum atomic E-state index is 6.07.